The molecule has 4 rings (SSSR count). The van der Waals surface area contributed by atoms with Crippen molar-refractivity contribution in [1.82, 2.24) is 0 Å². The van der Waals surface area contributed by atoms with Gasteiger partial charge in [-0.15, -0.1) is 0 Å². The number of rotatable bonds is 6. The molecule has 0 aliphatic carbocycles. The van der Waals surface area contributed by atoms with Crippen LogP contribution in [-0.2, 0) is 0 Å². The third kappa shape index (κ3) is 5.23. The topological polar surface area (TPSA) is 9.23 Å². The van der Waals surface area contributed by atoms with E-state index in [9.17, 15) is 17.6 Å². The summed E-state index contributed by atoms with van der Waals surface area (Å²) in [5, 5.41) is 0.648. The molecule has 0 unspecified atom stereocenters. The van der Waals surface area contributed by atoms with Crippen molar-refractivity contribution in [2.24, 2.45) is 0 Å². The fraction of sp³-hybridized carbons (Fsp3) is 0.172. The smallest absolute Gasteiger partial charge is 0.166 e. The molecular formula is C29H22F4O. The lowest BCUT2D eigenvalue weighted by atomic mass is 10.0. The Labute approximate surface area is 196 Å². The van der Waals surface area contributed by atoms with Gasteiger partial charge in [-0.25, -0.2) is 17.6 Å². The van der Waals surface area contributed by atoms with Crippen LogP contribution in [-0.4, -0.2) is 6.61 Å². The Morgan fingerprint density at radius 1 is 0.735 bits per heavy atom. The standard InChI is InChI=1S/C29H22F4O/c1-2-3-4-15-34-23-11-13-24(28(32)18-23)22-9-8-20(27(31)17-22)7-5-19-6-12-25-21(16-19)10-14-26(30)29(25)33/h6,8-14,16-18H,2-4,15H2,1H3. The van der Waals surface area contributed by atoms with Crippen molar-refractivity contribution in [3.63, 3.8) is 0 Å². The first kappa shape index (κ1) is 23.4. The molecule has 0 amide bonds. The molecule has 0 aromatic heterocycles. The average molecular weight is 462 g/mol. The molecule has 172 valence electrons. The minimum Gasteiger partial charge on any atom is -0.493 e. The summed E-state index contributed by atoms with van der Waals surface area (Å²) in [6.45, 7) is 2.62. The fourth-order valence-electron chi connectivity index (χ4n) is 3.63. The van der Waals surface area contributed by atoms with Gasteiger partial charge in [0, 0.05) is 22.6 Å². The second-order valence-corrected chi connectivity index (χ2v) is 7.94. The van der Waals surface area contributed by atoms with Crippen molar-refractivity contribution in [3.05, 3.63) is 101 Å². The molecule has 0 radical (unpaired) electrons. The van der Waals surface area contributed by atoms with Gasteiger partial charge in [0.25, 0.3) is 0 Å². The molecule has 5 heteroatoms. The monoisotopic (exact) mass is 462 g/mol. The molecule has 0 aliphatic rings. The SMILES string of the molecule is CCCCCOc1ccc(-c2ccc(C#Cc3ccc4c(F)c(F)ccc4c3)c(F)c2)c(F)c1. The van der Waals surface area contributed by atoms with Crippen LogP contribution >= 0.6 is 0 Å². The Balaban J connectivity index is 1.53. The summed E-state index contributed by atoms with van der Waals surface area (Å²) in [6.07, 6.45) is 3.03. The van der Waals surface area contributed by atoms with Gasteiger partial charge in [-0.3, -0.25) is 0 Å². The minimum absolute atomic E-state index is 0.144. The van der Waals surface area contributed by atoms with Crippen molar-refractivity contribution in [2.75, 3.05) is 6.61 Å². The summed E-state index contributed by atoms with van der Waals surface area (Å²) in [5.74, 6) is 3.12. The summed E-state index contributed by atoms with van der Waals surface area (Å²) < 4.78 is 62.1. The van der Waals surface area contributed by atoms with E-state index in [0.29, 0.717) is 28.9 Å². The zero-order valence-electron chi connectivity index (χ0n) is 18.6. The van der Waals surface area contributed by atoms with Gasteiger partial charge >= 0.3 is 0 Å². The van der Waals surface area contributed by atoms with Crippen LogP contribution in [0.2, 0.25) is 0 Å². The number of hydrogen-bond acceptors (Lipinski definition) is 1. The third-order valence-corrected chi connectivity index (χ3v) is 5.49. The van der Waals surface area contributed by atoms with E-state index in [1.54, 1.807) is 30.3 Å². The highest BCUT2D eigenvalue weighted by Gasteiger charge is 2.10. The number of unbranched alkanes of at least 4 members (excludes halogenated alkanes) is 2. The third-order valence-electron chi connectivity index (χ3n) is 5.49. The first-order valence-electron chi connectivity index (χ1n) is 11.1. The molecule has 0 saturated heterocycles. The van der Waals surface area contributed by atoms with Crippen LogP contribution in [0.15, 0.2) is 66.7 Å². The van der Waals surface area contributed by atoms with Gasteiger partial charge in [0.05, 0.1) is 12.2 Å². The van der Waals surface area contributed by atoms with E-state index in [1.165, 1.54) is 30.3 Å². The first-order chi connectivity index (χ1) is 16.5. The molecule has 0 atom stereocenters. The maximum absolute atomic E-state index is 14.7. The molecule has 4 aromatic carbocycles. The summed E-state index contributed by atoms with van der Waals surface area (Å²) in [5.41, 5.74) is 1.33. The lowest BCUT2D eigenvalue weighted by Gasteiger charge is -2.09. The number of hydrogen-bond donors (Lipinski definition) is 0. The van der Waals surface area contributed by atoms with E-state index in [0.717, 1.165) is 25.3 Å². The van der Waals surface area contributed by atoms with E-state index in [2.05, 4.69) is 18.8 Å². The predicted octanol–water partition coefficient (Wildman–Crippen LogP) is 8.03. The molecule has 0 heterocycles. The number of benzene rings is 4. The highest BCUT2D eigenvalue weighted by molar-refractivity contribution is 5.84. The highest BCUT2D eigenvalue weighted by atomic mass is 19.2. The van der Waals surface area contributed by atoms with Crippen LogP contribution in [0.3, 0.4) is 0 Å². The molecule has 34 heavy (non-hydrogen) atoms. The van der Waals surface area contributed by atoms with Gasteiger partial charge in [0.2, 0.25) is 0 Å². The van der Waals surface area contributed by atoms with Crippen LogP contribution in [0.1, 0.15) is 37.3 Å². The second kappa shape index (κ2) is 10.4. The van der Waals surface area contributed by atoms with E-state index in [1.807, 2.05) is 0 Å². The predicted molar refractivity (Wildman–Crippen MR) is 127 cm³/mol. The zero-order valence-corrected chi connectivity index (χ0v) is 18.6. The quantitative estimate of drug-likeness (QED) is 0.160. The first-order valence-corrected chi connectivity index (χ1v) is 11.1. The van der Waals surface area contributed by atoms with Gasteiger partial charge in [0.15, 0.2) is 11.6 Å². The molecule has 0 saturated carbocycles. The lowest BCUT2D eigenvalue weighted by molar-refractivity contribution is 0.305. The van der Waals surface area contributed by atoms with Gasteiger partial charge in [-0.05, 0) is 59.8 Å². The molecule has 0 spiro atoms. The van der Waals surface area contributed by atoms with E-state index >= 15 is 0 Å². The summed E-state index contributed by atoms with van der Waals surface area (Å²) in [6, 6.07) is 16.0. The summed E-state index contributed by atoms with van der Waals surface area (Å²) >= 11 is 0. The molecule has 0 aliphatic heterocycles. The van der Waals surface area contributed by atoms with Gasteiger partial charge in [0.1, 0.15) is 17.4 Å². The van der Waals surface area contributed by atoms with Crippen LogP contribution < -0.4 is 4.74 Å². The summed E-state index contributed by atoms with van der Waals surface area (Å²) in [4.78, 5) is 0. The normalized spacial score (nSPS) is 10.7. The summed E-state index contributed by atoms with van der Waals surface area (Å²) in [7, 11) is 0. The van der Waals surface area contributed by atoms with Crippen LogP contribution in [0.25, 0.3) is 21.9 Å². The Morgan fingerprint density at radius 3 is 2.35 bits per heavy atom. The van der Waals surface area contributed by atoms with Crippen LogP contribution in [0.4, 0.5) is 17.6 Å². The molecule has 1 nitrogen and oxygen atoms in total. The Hall–Kier alpha value is -3.78. The molecular weight excluding hydrogens is 440 g/mol. The Morgan fingerprint density at radius 2 is 1.59 bits per heavy atom. The van der Waals surface area contributed by atoms with Crippen molar-refractivity contribution >= 4 is 10.8 Å². The lowest BCUT2D eigenvalue weighted by Crippen LogP contribution is -1.98. The van der Waals surface area contributed by atoms with Crippen molar-refractivity contribution in [3.8, 4) is 28.7 Å². The van der Waals surface area contributed by atoms with Gasteiger partial charge in [-0.2, -0.15) is 0 Å². The van der Waals surface area contributed by atoms with Gasteiger partial charge in [-0.1, -0.05) is 49.8 Å². The Bertz CT molecular complexity index is 1400. The maximum Gasteiger partial charge on any atom is 0.166 e. The fourth-order valence-corrected chi connectivity index (χ4v) is 3.63. The Kier molecular flexibility index (Phi) is 7.18. The maximum atomic E-state index is 14.7. The van der Waals surface area contributed by atoms with E-state index in [-0.39, 0.29) is 16.5 Å². The molecule has 0 fully saturated rings. The number of ether oxygens (including phenoxy) is 1. The molecule has 0 N–H and O–H groups in total. The van der Waals surface area contributed by atoms with E-state index in [4.69, 9.17) is 4.74 Å². The van der Waals surface area contributed by atoms with Crippen molar-refractivity contribution < 1.29 is 22.3 Å². The average Bonchev–Trinajstić information content (AvgIpc) is 2.83. The molecule has 0 bridgehead atoms. The van der Waals surface area contributed by atoms with Crippen LogP contribution in [0.5, 0.6) is 5.75 Å². The zero-order chi connectivity index (χ0) is 24.1. The highest BCUT2D eigenvalue weighted by Crippen LogP contribution is 2.28. The van der Waals surface area contributed by atoms with Gasteiger partial charge < -0.3 is 4.74 Å². The number of fused-ring (bicyclic) bond motifs is 1. The van der Waals surface area contributed by atoms with Crippen LogP contribution in [0, 0.1) is 35.1 Å². The number of halogens is 4. The largest absolute Gasteiger partial charge is 0.493 e. The van der Waals surface area contributed by atoms with Crippen molar-refractivity contribution in [1.29, 1.82) is 0 Å². The molecule has 4 aromatic rings. The minimum atomic E-state index is -0.918. The van der Waals surface area contributed by atoms with Crippen molar-refractivity contribution in [2.45, 2.75) is 26.2 Å². The second-order valence-electron chi connectivity index (χ2n) is 7.94. The van der Waals surface area contributed by atoms with E-state index < -0.39 is 23.3 Å².